The molecule has 0 rings (SSSR count). The van der Waals surface area contributed by atoms with E-state index >= 15 is 0 Å². The summed E-state index contributed by atoms with van der Waals surface area (Å²) in [5.74, 6) is 0.561. The van der Waals surface area contributed by atoms with Crippen molar-refractivity contribution < 1.29 is 8.42 Å². The zero-order valence-electron chi connectivity index (χ0n) is 11.4. The molecule has 0 aliphatic carbocycles. The number of primary sulfonamides is 1. The normalized spacial score (nSPS) is 12.5. The molecule has 6 nitrogen and oxygen atoms in total. The number of hydrogen-bond acceptors (Lipinski definition) is 3. The van der Waals surface area contributed by atoms with E-state index in [4.69, 9.17) is 5.14 Å². The van der Waals surface area contributed by atoms with E-state index in [1.807, 2.05) is 6.92 Å². The summed E-state index contributed by atoms with van der Waals surface area (Å²) >= 11 is 0. The molecule has 0 bridgehead atoms. The monoisotopic (exact) mass is 278 g/mol. The number of nitrogens with zero attached hydrogens (tertiary/aromatic N) is 1. The van der Waals surface area contributed by atoms with Crippen LogP contribution in [0.3, 0.4) is 0 Å². The molecule has 0 aliphatic heterocycles. The van der Waals surface area contributed by atoms with Crippen LogP contribution in [0.2, 0.25) is 0 Å². The predicted octanol–water partition coefficient (Wildman–Crippen LogP) is 0.410. The summed E-state index contributed by atoms with van der Waals surface area (Å²) in [6, 6.07) is 0. The molecule has 0 saturated carbocycles. The number of guanidine groups is 1. The van der Waals surface area contributed by atoms with Crippen molar-refractivity contribution >= 4 is 16.0 Å². The van der Waals surface area contributed by atoms with E-state index in [1.165, 1.54) is 19.3 Å². The quantitative estimate of drug-likeness (QED) is 0.323. The lowest BCUT2D eigenvalue weighted by Crippen LogP contribution is -2.40. The molecule has 7 heteroatoms. The Morgan fingerprint density at radius 3 is 2.44 bits per heavy atom. The van der Waals surface area contributed by atoms with Crippen LogP contribution in [0.15, 0.2) is 4.99 Å². The second-order valence-corrected chi connectivity index (χ2v) is 5.85. The number of aliphatic imine (C=N–C) groups is 1. The Balaban J connectivity index is 3.93. The molecule has 0 radical (unpaired) electrons. The van der Waals surface area contributed by atoms with Gasteiger partial charge >= 0.3 is 0 Å². The van der Waals surface area contributed by atoms with Crippen molar-refractivity contribution in [2.75, 3.05) is 25.4 Å². The van der Waals surface area contributed by atoms with Crippen LogP contribution in [-0.2, 0) is 10.0 Å². The minimum atomic E-state index is -3.41. The van der Waals surface area contributed by atoms with Crippen LogP contribution in [0, 0.1) is 0 Å². The first-order valence-electron chi connectivity index (χ1n) is 6.52. The van der Waals surface area contributed by atoms with E-state index in [1.54, 1.807) is 0 Å². The van der Waals surface area contributed by atoms with Crippen molar-refractivity contribution in [3.05, 3.63) is 0 Å². The van der Waals surface area contributed by atoms with Gasteiger partial charge in [0.1, 0.15) is 0 Å². The van der Waals surface area contributed by atoms with E-state index in [-0.39, 0.29) is 12.3 Å². The van der Waals surface area contributed by atoms with Gasteiger partial charge in [0.05, 0.1) is 5.75 Å². The van der Waals surface area contributed by atoms with Gasteiger partial charge in [0.2, 0.25) is 10.0 Å². The molecule has 0 aromatic carbocycles. The van der Waals surface area contributed by atoms with E-state index in [0.29, 0.717) is 5.96 Å². The molecule has 0 saturated heterocycles. The van der Waals surface area contributed by atoms with Gasteiger partial charge in [-0.2, -0.15) is 0 Å². The molecule has 0 aromatic rings. The summed E-state index contributed by atoms with van der Waals surface area (Å²) < 4.78 is 21.6. The summed E-state index contributed by atoms with van der Waals surface area (Å²) in [6.45, 7) is 5.91. The van der Waals surface area contributed by atoms with Crippen LogP contribution < -0.4 is 15.8 Å². The van der Waals surface area contributed by atoms with Gasteiger partial charge in [-0.05, 0) is 13.3 Å². The molecule has 108 valence electrons. The molecule has 0 heterocycles. The average Bonchev–Trinajstić information content (AvgIpc) is 2.27. The highest BCUT2D eigenvalue weighted by atomic mass is 32.2. The van der Waals surface area contributed by atoms with Crippen LogP contribution in [0.5, 0.6) is 0 Å². The summed E-state index contributed by atoms with van der Waals surface area (Å²) in [7, 11) is -3.41. The molecule has 0 amide bonds. The van der Waals surface area contributed by atoms with Crippen LogP contribution in [0.1, 0.15) is 39.5 Å². The zero-order chi connectivity index (χ0) is 13.9. The van der Waals surface area contributed by atoms with Gasteiger partial charge in [-0.25, -0.2) is 13.6 Å². The van der Waals surface area contributed by atoms with Gasteiger partial charge in [-0.3, -0.25) is 4.99 Å². The lowest BCUT2D eigenvalue weighted by molar-refractivity contribution is 0.596. The Morgan fingerprint density at radius 2 is 1.89 bits per heavy atom. The summed E-state index contributed by atoms with van der Waals surface area (Å²) in [6.07, 6.45) is 4.66. The number of unbranched alkanes of at least 4 members (excludes halogenated alkanes) is 3. The second-order valence-electron chi connectivity index (χ2n) is 4.12. The predicted molar refractivity (Wildman–Crippen MR) is 76.1 cm³/mol. The Labute approximate surface area is 110 Å². The SMILES string of the molecule is CCCCCCN=C(NCC)NCCS(N)(=O)=O. The van der Waals surface area contributed by atoms with Gasteiger partial charge in [0.15, 0.2) is 5.96 Å². The fourth-order valence-electron chi connectivity index (χ4n) is 1.38. The van der Waals surface area contributed by atoms with Gasteiger partial charge in [0, 0.05) is 19.6 Å². The fraction of sp³-hybridized carbons (Fsp3) is 0.909. The zero-order valence-corrected chi connectivity index (χ0v) is 12.2. The van der Waals surface area contributed by atoms with Crippen molar-refractivity contribution in [3.63, 3.8) is 0 Å². The first-order valence-corrected chi connectivity index (χ1v) is 8.23. The van der Waals surface area contributed by atoms with Gasteiger partial charge in [0.25, 0.3) is 0 Å². The van der Waals surface area contributed by atoms with Crippen LogP contribution >= 0.6 is 0 Å². The third kappa shape index (κ3) is 11.7. The smallest absolute Gasteiger partial charge is 0.210 e. The third-order valence-electron chi connectivity index (χ3n) is 2.30. The number of sulfonamides is 1. The first kappa shape index (κ1) is 17.2. The molecule has 0 fully saturated rings. The molecular formula is C11H26N4O2S. The Hall–Kier alpha value is -0.820. The lowest BCUT2D eigenvalue weighted by Gasteiger charge is -2.10. The fourth-order valence-corrected chi connectivity index (χ4v) is 1.77. The van der Waals surface area contributed by atoms with Gasteiger partial charge in [-0.1, -0.05) is 26.2 Å². The molecule has 0 unspecified atom stereocenters. The highest BCUT2D eigenvalue weighted by molar-refractivity contribution is 7.89. The van der Waals surface area contributed by atoms with Crippen molar-refractivity contribution in [2.24, 2.45) is 10.1 Å². The maximum Gasteiger partial charge on any atom is 0.210 e. The van der Waals surface area contributed by atoms with E-state index in [2.05, 4.69) is 22.5 Å². The molecule has 0 aliphatic rings. The molecule has 18 heavy (non-hydrogen) atoms. The topological polar surface area (TPSA) is 96.6 Å². The van der Waals surface area contributed by atoms with Crippen LogP contribution in [0.25, 0.3) is 0 Å². The molecule has 4 N–H and O–H groups in total. The van der Waals surface area contributed by atoms with Gasteiger partial charge < -0.3 is 10.6 Å². The van der Waals surface area contributed by atoms with Crippen molar-refractivity contribution in [2.45, 2.75) is 39.5 Å². The van der Waals surface area contributed by atoms with Gasteiger partial charge in [-0.15, -0.1) is 0 Å². The maximum atomic E-state index is 10.8. The summed E-state index contributed by atoms with van der Waals surface area (Å²) in [5, 5.41) is 10.9. The van der Waals surface area contributed by atoms with Crippen molar-refractivity contribution in [1.29, 1.82) is 0 Å². The third-order valence-corrected chi connectivity index (χ3v) is 3.08. The van der Waals surface area contributed by atoms with Crippen LogP contribution in [-0.4, -0.2) is 39.8 Å². The standard InChI is InChI=1S/C11H26N4O2S/c1-3-5-6-7-8-14-11(13-4-2)15-9-10-18(12,16)17/h3-10H2,1-2H3,(H2,12,16,17)(H2,13,14,15). The lowest BCUT2D eigenvalue weighted by atomic mass is 10.2. The molecule has 0 aromatic heterocycles. The Bertz CT molecular complexity index is 328. The minimum absolute atomic E-state index is 0.0900. The average molecular weight is 278 g/mol. The maximum absolute atomic E-state index is 10.8. The largest absolute Gasteiger partial charge is 0.357 e. The molecular weight excluding hydrogens is 252 g/mol. The van der Waals surface area contributed by atoms with E-state index < -0.39 is 10.0 Å². The molecule has 0 spiro atoms. The number of nitrogens with two attached hydrogens (primary N) is 1. The second kappa shape index (κ2) is 10.1. The molecule has 0 atom stereocenters. The van der Waals surface area contributed by atoms with E-state index in [9.17, 15) is 8.42 Å². The number of rotatable bonds is 9. The first-order chi connectivity index (χ1) is 8.49. The summed E-state index contributed by atoms with van der Waals surface area (Å²) in [5.41, 5.74) is 0. The highest BCUT2D eigenvalue weighted by Gasteiger charge is 2.03. The van der Waals surface area contributed by atoms with Crippen LogP contribution in [0.4, 0.5) is 0 Å². The van der Waals surface area contributed by atoms with Crippen molar-refractivity contribution in [1.82, 2.24) is 10.6 Å². The minimum Gasteiger partial charge on any atom is -0.357 e. The Kier molecular flexibility index (Phi) is 9.67. The Morgan fingerprint density at radius 1 is 1.17 bits per heavy atom. The number of hydrogen-bond donors (Lipinski definition) is 3. The van der Waals surface area contributed by atoms with E-state index in [0.717, 1.165) is 19.5 Å². The highest BCUT2D eigenvalue weighted by Crippen LogP contribution is 1.98. The number of nitrogens with one attached hydrogen (secondary N) is 2. The summed E-state index contributed by atoms with van der Waals surface area (Å²) in [4.78, 5) is 4.36. The van der Waals surface area contributed by atoms with Crippen molar-refractivity contribution in [3.8, 4) is 0 Å².